The molecule has 0 bridgehead atoms. The Kier molecular flexibility index (Phi) is 2.93. The standard InChI is InChI=1S/C16H22FN/c1-9-7-11(8-10(2)15(9)17)16(18-3)14-12-5-4-6-13(12)14/h7-8,12-14,16,18H,4-6H2,1-3H3. The first-order valence-corrected chi connectivity index (χ1v) is 7.07. The Balaban J connectivity index is 1.88. The fourth-order valence-corrected chi connectivity index (χ4v) is 4.11. The summed E-state index contributed by atoms with van der Waals surface area (Å²) in [6.45, 7) is 3.73. The van der Waals surface area contributed by atoms with E-state index in [0.29, 0.717) is 6.04 Å². The minimum atomic E-state index is -0.0513. The van der Waals surface area contributed by atoms with Crippen LogP contribution in [-0.2, 0) is 0 Å². The summed E-state index contributed by atoms with van der Waals surface area (Å²) in [5, 5.41) is 3.46. The van der Waals surface area contributed by atoms with Gasteiger partial charge in [-0.2, -0.15) is 0 Å². The van der Waals surface area contributed by atoms with Crippen LogP contribution in [0.3, 0.4) is 0 Å². The number of rotatable bonds is 3. The summed E-state index contributed by atoms with van der Waals surface area (Å²) >= 11 is 0. The third-order valence-corrected chi connectivity index (χ3v) is 4.99. The predicted octanol–water partition coefficient (Wildman–Crippen LogP) is 3.75. The number of fused-ring (bicyclic) bond motifs is 1. The van der Waals surface area contributed by atoms with Gasteiger partial charge in [0.2, 0.25) is 0 Å². The van der Waals surface area contributed by atoms with E-state index in [9.17, 15) is 4.39 Å². The second kappa shape index (κ2) is 4.34. The highest BCUT2D eigenvalue weighted by atomic mass is 19.1. The third-order valence-electron chi connectivity index (χ3n) is 4.99. The van der Waals surface area contributed by atoms with Crippen LogP contribution in [0.2, 0.25) is 0 Å². The van der Waals surface area contributed by atoms with Crippen molar-refractivity contribution in [2.75, 3.05) is 7.05 Å². The molecular formula is C16H22FN. The molecule has 0 amide bonds. The molecule has 0 heterocycles. The van der Waals surface area contributed by atoms with E-state index in [2.05, 4.69) is 5.32 Å². The van der Waals surface area contributed by atoms with Gasteiger partial charge in [-0.15, -0.1) is 0 Å². The van der Waals surface area contributed by atoms with Crippen LogP contribution in [0.15, 0.2) is 12.1 Å². The maximum atomic E-state index is 13.7. The lowest BCUT2D eigenvalue weighted by Gasteiger charge is -2.20. The molecule has 18 heavy (non-hydrogen) atoms. The molecule has 1 nitrogen and oxygen atoms in total. The van der Waals surface area contributed by atoms with Crippen LogP contribution in [0, 0.1) is 37.4 Å². The van der Waals surface area contributed by atoms with Crippen LogP contribution in [0.5, 0.6) is 0 Å². The van der Waals surface area contributed by atoms with E-state index in [1.807, 2.05) is 33.0 Å². The van der Waals surface area contributed by atoms with Crippen LogP contribution in [-0.4, -0.2) is 7.05 Å². The maximum absolute atomic E-state index is 13.7. The molecule has 0 radical (unpaired) electrons. The lowest BCUT2D eigenvalue weighted by Crippen LogP contribution is -2.21. The Labute approximate surface area is 109 Å². The van der Waals surface area contributed by atoms with Crippen LogP contribution >= 0.6 is 0 Å². The zero-order valence-corrected chi connectivity index (χ0v) is 11.5. The van der Waals surface area contributed by atoms with Crippen molar-refractivity contribution >= 4 is 0 Å². The summed E-state index contributed by atoms with van der Waals surface area (Å²) in [5.41, 5.74) is 2.82. The molecular weight excluding hydrogens is 225 g/mol. The third kappa shape index (κ3) is 1.78. The SMILES string of the molecule is CNC(c1cc(C)c(F)c(C)c1)C1C2CCCC21. The lowest BCUT2D eigenvalue weighted by atomic mass is 9.94. The van der Waals surface area contributed by atoms with Gasteiger partial charge in [0.15, 0.2) is 0 Å². The van der Waals surface area contributed by atoms with E-state index in [4.69, 9.17) is 0 Å². The molecule has 0 aromatic heterocycles. The van der Waals surface area contributed by atoms with Gasteiger partial charge in [0.05, 0.1) is 0 Å². The zero-order chi connectivity index (χ0) is 12.9. The van der Waals surface area contributed by atoms with E-state index in [0.717, 1.165) is 28.9 Å². The monoisotopic (exact) mass is 247 g/mol. The van der Waals surface area contributed by atoms with Crippen molar-refractivity contribution in [2.24, 2.45) is 17.8 Å². The summed E-state index contributed by atoms with van der Waals surface area (Å²) < 4.78 is 13.7. The topological polar surface area (TPSA) is 12.0 Å². The summed E-state index contributed by atoms with van der Waals surface area (Å²) in [6.07, 6.45) is 4.20. The molecule has 1 aromatic rings. The smallest absolute Gasteiger partial charge is 0.129 e. The Bertz CT molecular complexity index is 435. The van der Waals surface area contributed by atoms with Gasteiger partial charge in [-0.3, -0.25) is 0 Å². The van der Waals surface area contributed by atoms with Crippen molar-refractivity contribution in [3.05, 3.63) is 34.6 Å². The lowest BCUT2D eigenvalue weighted by molar-refractivity contribution is 0.443. The number of hydrogen-bond donors (Lipinski definition) is 1. The Morgan fingerprint density at radius 1 is 1.17 bits per heavy atom. The first-order chi connectivity index (χ1) is 8.63. The second-order valence-electron chi connectivity index (χ2n) is 6.07. The first kappa shape index (κ1) is 12.2. The summed E-state index contributed by atoms with van der Waals surface area (Å²) in [7, 11) is 2.03. The maximum Gasteiger partial charge on any atom is 0.129 e. The van der Waals surface area contributed by atoms with Gasteiger partial charge in [0.25, 0.3) is 0 Å². The van der Waals surface area contributed by atoms with Gasteiger partial charge in [-0.05, 0) is 68.2 Å². The molecule has 2 saturated carbocycles. The number of nitrogens with one attached hydrogen (secondary N) is 1. The molecule has 98 valence electrons. The van der Waals surface area contributed by atoms with Gasteiger partial charge >= 0.3 is 0 Å². The highest BCUT2D eigenvalue weighted by Gasteiger charge is 2.55. The van der Waals surface area contributed by atoms with E-state index in [-0.39, 0.29) is 5.82 Å². The van der Waals surface area contributed by atoms with E-state index >= 15 is 0 Å². The minimum absolute atomic E-state index is 0.0513. The minimum Gasteiger partial charge on any atom is -0.313 e. The quantitative estimate of drug-likeness (QED) is 0.857. The largest absolute Gasteiger partial charge is 0.313 e. The molecule has 1 N–H and O–H groups in total. The molecule has 2 fully saturated rings. The van der Waals surface area contributed by atoms with Gasteiger partial charge in [0, 0.05) is 6.04 Å². The van der Waals surface area contributed by atoms with Crippen LogP contribution in [0.1, 0.15) is 42.0 Å². The number of aryl methyl sites for hydroxylation is 2. The normalized spacial score (nSPS) is 31.2. The predicted molar refractivity (Wildman–Crippen MR) is 72.0 cm³/mol. The summed E-state index contributed by atoms with van der Waals surface area (Å²) in [5.74, 6) is 2.58. The highest BCUT2D eigenvalue weighted by Crippen LogP contribution is 2.62. The van der Waals surface area contributed by atoms with Gasteiger partial charge in [0.1, 0.15) is 5.82 Å². The molecule has 0 spiro atoms. The van der Waals surface area contributed by atoms with Crippen LogP contribution in [0.25, 0.3) is 0 Å². The van der Waals surface area contributed by atoms with E-state index in [1.54, 1.807) is 0 Å². The van der Waals surface area contributed by atoms with Gasteiger partial charge in [-0.1, -0.05) is 18.6 Å². The van der Waals surface area contributed by atoms with Crippen molar-refractivity contribution in [1.82, 2.24) is 5.32 Å². The molecule has 2 aliphatic rings. The van der Waals surface area contributed by atoms with E-state index in [1.165, 1.54) is 24.8 Å². The molecule has 1 aromatic carbocycles. The van der Waals surface area contributed by atoms with Gasteiger partial charge < -0.3 is 5.32 Å². The van der Waals surface area contributed by atoms with Crippen molar-refractivity contribution in [3.63, 3.8) is 0 Å². The van der Waals surface area contributed by atoms with Crippen molar-refractivity contribution in [2.45, 2.75) is 39.2 Å². The molecule has 3 unspecified atom stereocenters. The molecule has 2 heteroatoms. The average molecular weight is 247 g/mol. The number of halogens is 1. The van der Waals surface area contributed by atoms with Crippen molar-refractivity contribution in [1.29, 1.82) is 0 Å². The second-order valence-corrected chi connectivity index (χ2v) is 6.07. The first-order valence-electron chi connectivity index (χ1n) is 7.07. The number of hydrogen-bond acceptors (Lipinski definition) is 1. The fraction of sp³-hybridized carbons (Fsp3) is 0.625. The van der Waals surface area contributed by atoms with Crippen LogP contribution < -0.4 is 5.32 Å². The van der Waals surface area contributed by atoms with E-state index < -0.39 is 0 Å². The zero-order valence-electron chi connectivity index (χ0n) is 11.5. The van der Waals surface area contributed by atoms with Crippen molar-refractivity contribution < 1.29 is 4.39 Å². The average Bonchev–Trinajstić information content (AvgIpc) is 2.82. The Morgan fingerprint density at radius 2 is 1.72 bits per heavy atom. The summed E-state index contributed by atoms with van der Waals surface area (Å²) in [6, 6.07) is 4.47. The Hall–Kier alpha value is -0.890. The van der Waals surface area contributed by atoms with Crippen LogP contribution in [0.4, 0.5) is 4.39 Å². The molecule has 0 saturated heterocycles. The number of benzene rings is 1. The fourth-order valence-electron chi connectivity index (χ4n) is 4.11. The van der Waals surface area contributed by atoms with Gasteiger partial charge in [-0.25, -0.2) is 4.39 Å². The summed E-state index contributed by atoms with van der Waals surface area (Å²) in [4.78, 5) is 0. The molecule has 3 atom stereocenters. The highest BCUT2D eigenvalue weighted by molar-refractivity contribution is 5.34. The Morgan fingerprint density at radius 3 is 2.22 bits per heavy atom. The molecule has 3 rings (SSSR count). The molecule has 2 aliphatic carbocycles. The molecule has 0 aliphatic heterocycles. The van der Waals surface area contributed by atoms with Crippen molar-refractivity contribution in [3.8, 4) is 0 Å².